The molecule has 0 unspecified atom stereocenters. The molecule has 0 fully saturated rings. The monoisotopic (exact) mass is 302 g/mol. The summed E-state index contributed by atoms with van der Waals surface area (Å²) in [6.45, 7) is 3.13. The van der Waals surface area contributed by atoms with Crippen LogP contribution in [0.2, 0.25) is 0 Å². The number of hydrogen-bond donors (Lipinski definition) is 3. The van der Waals surface area contributed by atoms with Crippen LogP contribution in [0.3, 0.4) is 0 Å². The average Bonchev–Trinajstić information content (AvgIpc) is 2.71. The van der Waals surface area contributed by atoms with Gasteiger partial charge in [0, 0.05) is 6.04 Å². The number of hydrogen-bond acceptors (Lipinski definition) is 7. The number of rotatable bonds is 6. The van der Waals surface area contributed by atoms with Crippen LogP contribution >= 0.6 is 11.8 Å². The minimum absolute atomic E-state index is 0.0849. The molecule has 0 aromatic carbocycles. The number of nitrogens with zero attached hydrogens (tertiary/aromatic N) is 4. The zero-order chi connectivity index (χ0) is 15.1. The van der Waals surface area contributed by atoms with Gasteiger partial charge < -0.3 is 10.4 Å². The molecule has 20 heavy (non-hydrogen) atoms. The first kappa shape index (κ1) is 15.9. The minimum Gasteiger partial charge on any atom is -0.480 e. The Hall–Kier alpha value is -2.17. The predicted molar refractivity (Wildman–Crippen MR) is 68.0 cm³/mol. The van der Waals surface area contributed by atoms with Gasteiger partial charge in [-0.25, -0.2) is 9.48 Å². The second-order valence-corrected chi connectivity index (χ2v) is 4.92. The average molecular weight is 302 g/mol. The standard InChI is InChI=1S/C9H14N6O4S/c1-5(2)10-8(19)11-6(16)4-20-9-12-13-14-15(9)3-7(17)18/h5H,3-4H2,1-2H3,(H,17,18)(H2,10,11,16,19). The first-order valence-electron chi connectivity index (χ1n) is 5.59. The van der Waals surface area contributed by atoms with Gasteiger partial charge in [-0.1, -0.05) is 11.8 Å². The molecule has 1 rings (SSSR count). The van der Waals surface area contributed by atoms with Crippen LogP contribution in [0.25, 0.3) is 0 Å². The van der Waals surface area contributed by atoms with Crippen LogP contribution in [0.1, 0.15) is 13.8 Å². The van der Waals surface area contributed by atoms with E-state index in [0.717, 1.165) is 16.4 Å². The van der Waals surface area contributed by atoms with Gasteiger partial charge in [-0.05, 0) is 24.3 Å². The fourth-order valence-corrected chi connectivity index (χ4v) is 1.79. The van der Waals surface area contributed by atoms with E-state index in [1.165, 1.54) is 0 Å². The lowest BCUT2D eigenvalue weighted by molar-refractivity contribution is -0.138. The van der Waals surface area contributed by atoms with E-state index < -0.39 is 24.5 Å². The Labute approximate surface area is 118 Å². The van der Waals surface area contributed by atoms with Crippen LogP contribution < -0.4 is 10.6 Å². The number of aliphatic carboxylic acids is 1. The summed E-state index contributed by atoms with van der Waals surface area (Å²) >= 11 is 0.936. The summed E-state index contributed by atoms with van der Waals surface area (Å²) in [7, 11) is 0. The molecule has 0 saturated carbocycles. The van der Waals surface area contributed by atoms with Gasteiger partial charge in [0.15, 0.2) is 0 Å². The highest BCUT2D eigenvalue weighted by atomic mass is 32.2. The van der Waals surface area contributed by atoms with E-state index in [1.54, 1.807) is 13.8 Å². The molecule has 0 radical (unpaired) electrons. The largest absolute Gasteiger partial charge is 0.480 e. The van der Waals surface area contributed by atoms with Gasteiger partial charge in [0.25, 0.3) is 0 Å². The smallest absolute Gasteiger partial charge is 0.325 e. The third kappa shape index (κ3) is 5.65. The number of urea groups is 1. The Bertz CT molecular complexity index is 502. The molecule has 0 saturated heterocycles. The van der Waals surface area contributed by atoms with Crippen molar-refractivity contribution in [1.82, 2.24) is 30.8 Å². The van der Waals surface area contributed by atoms with Gasteiger partial charge in [0.05, 0.1) is 5.75 Å². The number of carboxylic acids is 1. The quantitative estimate of drug-likeness (QED) is 0.573. The van der Waals surface area contributed by atoms with Crippen molar-refractivity contribution in [2.24, 2.45) is 0 Å². The molecule has 11 heteroatoms. The highest BCUT2D eigenvalue weighted by Crippen LogP contribution is 2.12. The van der Waals surface area contributed by atoms with Crippen molar-refractivity contribution in [1.29, 1.82) is 0 Å². The van der Waals surface area contributed by atoms with E-state index in [0.29, 0.717) is 0 Å². The first-order valence-corrected chi connectivity index (χ1v) is 6.58. The minimum atomic E-state index is -1.10. The maximum Gasteiger partial charge on any atom is 0.325 e. The Balaban J connectivity index is 2.43. The Morgan fingerprint density at radius 1 is 1.40 bits per heavy atom. The molecule has 1 aromatic rings. The van der Waals surface area contributed by atoms with Crippen molar-refractivity contribution in [2.45, 2.75) is 31.6 Å². The summed E-state index contributed by atoms with van der Waals surface area (Å²) < 4.78 is 1.05. The second-order valence-electron chi connectivity index (χ2n) is 3.98. The van der Waals surface area contributed by atoms with Crippen molar-refractivity contribution in [3.63, 3.8) is 0 Å². The van der Waals surface area contributed by atoms with Gasteiger partial charge in [0.1, 0.15) is 6.54 Å². The maximum absolute atomic E-state index is 11.5. The van der Waals surface area contributed by atoms with Crippen molar-refractivity contribution in [3.8, 4) is 0 Å². The van der Waals surface area contributed by atoms with Crippen LogP contribution in [-0.2, 0) is 16.1 Å². The van der Waals surface area contributed by atoms with Crippen LogP contribution in [0.15, 0.2) is 5.16 Å². The Morgan fingerprint density at radius 2 is 2.10 bits per heavy atom. The fraction of sp³-hybridized carbons (Fsp3) is 0.556. The van der Waals surface area contributed by atoms with E-state index in [1.807, 2.05) is 0 Å². The Morgan fingerprint density at radius 3 is 2.70 bits per heavy atom. The summed E-state index contributed by atoms with van der Waals surface area (Å²) in [5, 5.41) is 23.8. The number of amides is 3. The number of carbonyl (C=O) groups is 3. The number of tetrazole rings is 1. The molecule has 1 heterocycles. The maximum atomic E-state index is 11.5. The van der Waals surface area contributed by atoms with Crippen molar-refractivity contribution in [3.05, 3.63) is 0 Å². The lowest BCUT2D eigenvalue weighted by Crippen LogP contribution is -2.43. The summed E-state index contributed by atoms with van der Waals surface area (Å²) in [5.74, 6) is -1.73. The molecule has 0 bridgehead atoms. The molecule has 0 aliphatic heterocycles. The molecule has 1 aromatic heterocycles. The molecular formula is C9H14N6O4S. The number of imide groups is 1. The number of carbonyl (C=O) groups excluding carboxylic acids is 2. The topological polar surface area (TPSA) is 139 Å². The third-order valence-corrected chi connectivity index (χ3v) is 2.75. The molecule has 3 N–H and O–H groups in total. The van der Waals surface area contributed by atoms with Crippen LogP contribution in [0.5, 0.6) is 0 Å². The molecule has 0 spiro atoms. The molecule has 0 aliphatic carbocycles. The van der Waals surface area contributed by atoms with Crippen LogP contribution in [0, 0.1) is 0 Å². The second kappa shape index (κ2) is 7.43. The highest BCUT2D eigenvalue weighted by Gasteiger charge is 2.13. The third-order valence-electron chi connectivity index (χ3n) is 1.79. The van der Waals surface area contributed by atoms with Crippen molar-refractivity contribution < 1.29 is 19.5 Å². The van der Waals surface area contributed by atoms with Gasteiger partial charge in [-0.2, -0.15) is 0 Å². The molecule has 110 valence electrons. The van der Waals surface area contributed by atoms with Gasteiger partial charge in [-0.3, -0.25) is 14.9 Å². The van der Waals surface area contributed by atoms with Gasteiger partial charge in [-0.15, -0.1) is 5.10 Å². The first-order chi connectivity index (χ1) is 9.38. The Kier molecular flexibility index (Phi) is 5.90. The van der Waals surface area contributed by atoms with Crippen molar-refractivity contribution in [2.75, 3.05) is 5.75 Å². The SMILES string of the molecule is CC(C)NC(=O)NC(=O)CSc1nnnn1CC(=O)O. The zero-order valence-electron chi connectivity index (χ0n) is 10.9. The van der Waals surface area contributed by atoms with Gasteiger partial charge in [0.2, 0.25) is 11.1 Å². The summed E-state index contributed by atoms with van der Waals surface area (Å²) in [4.78, 5) is 33.3. The van der Waals surface area contributed by atoms with Crippen molar-refractivity contribution >= 4 is 29.7 Å². The summed E-state index contributed by atoms with van der Waals surface area (Å²) in [6, 6.07) is -0.672. The number of aromatic nitrogens is 4. The van der Waals surface area contributed by atoms with Crippen LogP contribution in [0.4, 0.5) is 4.79 Å². The normalized spacial score (nSPS) is 10.3. The van der Waals surface area contributed by atoms with E-state index >= 15 is 0 Å². The lowest BCUT2D eigenvalue weighted by Gasteiger charge is -2.08. The number of carboxylic acid groups (broad SMARTS) is 1. The lowest BCUT2D eigenvalue weighted by atomic mass is 10.4. The molecule has 3 amide bonds. The summed E-state index contributed by atoms with van der Waals surface area (Å²) in [5.41, 5.74) is 0. The van der Waals surface area contributed by atoms with E-state index in [9.17, 15) is 14.4 Å². The van der Waals surface area contributed by atoms with E-state index in [4.69, 9.17) is 5.11 Å². The van der Waals surface area contributed by atoms with E-state index in [-0.39, 0.29) is 17.0 Å². The molecule has 0 atom stereocenters. The van der Waals surface area contributed by atoms with E-state index in [2.05, 4.69) is 26.2 Å². The molecule has 0 aliphatic rings. The fourth-order valence-electron chi connectivity index (χ4n) is 1.12. The zero-order valence-corrected chi connectivity index (χ0v) is 11.7. The highest BCUT2D eigenvalue weighted by molar-refractivity contribution is 7.99. The van der Waals surface area contributed by atoms with Crippen LogP contribution in [-0.4, -0.2) is 55.0 Å². The predicted octanol–water partition coefficient (Wildman–Crippen LogP) is -0.916. The number of thioether (sulfide) groups is 1. The summed E-state index contributed by atoms with van der Waals surface area (Å²) in [6.07, 6.45) is 0. The van der Waals surface area contributed by atoms with Gasteiger partial charge >= 0.3 is 12.0 Å². The molecular weight excluding hydrogens is 288 g/mol. The molecule has 10 nitrogen and oxygen atoms in total. The number of nitrogens with one attached hydrogen (secondary N) is 2.